The molecule has 2 heterocycles. The molecule has 0 aliphatic rings. The van der Waals surface area contributed by atoms with Crippen LogP contribution < -0.4 is 5.63 Å². The lowest BCUT2D eigenvalue weighted by Gasteiger charge is -2.15. The highest BCUT2D eigenvalue weighted by Gasteiger charge is 2.17. The van der Waals surface area contributed by atoms with Crippen molar-refractivity contribution in [3.8, 4) is 11.1 Å². The first-order valence-electron chi connectivity index (χ1n) is 9.74. The van der Waals surface area contributed by atoms with E-state index in [4.69, 9.17) is 13.7 Å². The topological polar surface area (TPSA) is 98.7 Å². The van der Waals surface area contributed by atoms with Gasteiger partial charge >= 0.3 is 5.63 Å². The third-order valence-corrected chi connectivity index (χ3v) is 4.82. The Morgan fingerprint density at radius 3 is 2.81 bits per heavy atom. The first-order valence-corrected chi connectivity index (χ1v) is 9.74. The fourth-order valence-corrected chi connectivity index (χ4v) is 3.23. The third kappa shape index (κ3) is 4.54. The average molecular weight is 419 g/mol. The Hall–Kier alpha value is -3.78. The van der Waals surface area contributed by atoms with E-state index in [0.29, 0.717) is 47.0 Å². The monoisotopic (exact) mass is 419 g/mol. The van der Waals surface area contributed by atoms with E-state index >= 15 is 0 Å². The molecule has 0 saturated carbocycles. The van der Waals surface area contributed by atoms with Crippen LogP contribution in [0.3, 0.4) is 0 Å². The summed E-state index contributed by atoms with van der Waals surface area (Å²) in [5.41, 5.74) is 1.51. The van der Waals surface area contributed by atoms with Crippen molar-refractivity contribution in [2.24, 2.45) is 0 Å². The summed E-state index contributed by atoms with van der Waals surface area (Å²) in [4.78, 5) is 31.1. The summed E-state index contributed by atoms with van der Waals surface area (Å²) >= 11 is 0. The lowest BCUT2D eigenvalue weighted by molar-refractivity contribution is 0.0769. The van der Waals surface area contributed by atoms with Gasteiger partial charge in [0.15, 0.2) is 5.82 Å². The van der Waals surface area contributed by atoms with Crippen LogP contribution in [0.2, 0.25) is 0 Å². The molecule has 8 heteroatoms. The van der Waals surface area contributed by atoms with Crippen LogP contribution in [0.5, 0.6) is 0 Å². The number of hydrogen-bond donors (Lipinski definition) is 0. The molecule has 0 unspecified atom stereocenters. The van der Waals surface area contributed by atoms with Crippen LogP contribution in [0.15, 0.2) is 68.3 Å². The summed E-state index contributed by atoms with van der Waals surface area (Å²) in [6.45, 7) is 0.657. The number of rotatable bonds is 7. The van der Waals surface area contributed by atoms with Crippen molar-refractivity contribution in [1.82, 2.24) is 15.0 Å². The zero-order valence-corrected chi connectivity index (χ0v) is 17.2. The molecule has 0 fully saturated rings. The van der Waals surface area contributed by atoms with Crippen molar-refractivity contribution < 1.29 is 18.5 Å². The number of nitrogens with zero attached hydrogens (tertiary/aromatic N) is 3. The maximum absolute atomic E-state index is 12.9. The summed E-state index contributed by atoms with van der Waals surface area (Å²) in [6, 6.07) is 16.0. The molecule has 0 saturated heterocycles. The van der Waals surface area contributed by atoms with E-state index in [1.165, 1.54) is 4.90 Å². The van der Waals surface area contributed by atoms with Crippen molar-refractivity contribution in [1.29, 1.82) is 0 Å². The first-order chi connectivity index (χ1) is 15.0. The Balaban J connectivity index is 1.55. The third-order valence-electron chi connectivity index (χ3n) is 4.82. The van der Waals surface area contributed by atoms with Crippen LogP contribution in [0.1, 0.15) is 22.1 Å². The molecule has 0 N–H and O–H groups in total. The average Bonchev–Trinajstić information content (AvgIpc) is 3.23. The van der Waals surface area contributed by atoms with E-state index in [9.17, 15) is 9.59 Å². The van der Waals surface area contributed by atoms with Gasteiger partial charge in [-0.25, -0.2) is 4.79 Å². The zero-order chi connectivity index (χ0) is 21.8. The molecule has 0 aliphatic heterocycles. The van der Waals surface area contributed by atoms with Crippen molar-refractivity contribution in [3.05, 3.63) is 82.3 Å². The molecule has 0 atom stereocenters. The summed E-state index contributed by atoms with van der Waals surface area (Å²) in [5, 5.41) is 4.69. The second kappa shape index (κ2) is 8.93. The number of ether oxygens (including phenoxy) is 1. The Labute approximate surface area is 178 Å². The number of hydrogen-bond acceptors (Lipinski definition) is 7. The van der Waals surface area contributed by atoms with Gasteiger partial charge in [-0.05, 0) is 29.8 Å². The Kier molecular flexibility index (Phi) is 5.90. The largest absolute Gasteiger partial charge is 0.422 e. The van der Waals surface area contributed by atoms with E-state index in [1.807, 2.05) is 18.2 Å². The van der Waals surface area contributed by atoms with E-state index in [-0.39, 0.29) is 12.5 Å². The lowest BCUT2D eigenvalue weighted by Crippen LogP contribution is -2.26. The van der Waals surface area contributed by atoms with Crippen LogP contribution in [0, 0.1) is 0 Å². The molecular formula is C23H21N3O5. The molecule has 1 amide bonds. The fraction of sp³-hybridized carbons (Fsp3) is 0.217. The molecule has 0 spiro atoms. The summed E-state index contributed by atoms with van der Waals surface area (Å²) in [5.74, 6) is 0.639. The molecule has 4 aromatic rings. The van der Waals surface area contributed by atoms with Gasteiger partial charge in [0.25, 0.3) is 5.91 Å². The number of para-hydroxylation sites is 1. The number of aromatic nitrogens is 2. The van der Waals surface area contributed by atoms with Crippen molar-refractivity contribution in [2.75, 3.05) is 20.8 Å². The van der Waals surface area contributed by atoms with Crippen molar-refractivity contribution in [3.63, 3.8) is 0 Å². The Morgan fingerprint density at radius 2 is 1.97 bits per heavy atom. The maximum atomic E-state index is 12.9. The van der Waals surface area contributed by atoms with E-state index < -0.39 is 5.63 Å². The normalized spacial score (nSPS) is 11.0. The van der Waals surface area contributed by atoms with Gasteiger partial charge in [-0.15, -0.1) is 0 Å². The number of benzene rings is 2. The van der Waals surface area contributed by atoms with Gasteiger partial charge in [-0.3, -0.25) is 4.79 Å². The second-order valence-electron chi connectivity index (χ2n) is 7.07. The minimum atomic E-state index is -0.453. The molecular weight excluding hydrogens is 398 g/mol. The summed E-state index contributed by atoms with van der Waals surface area (Å²) < 4.78 is 15.6. The van der Waals surface area contributed by atoms with Crippen molar-refractivity contribution in [2.45, 2.75) is 13.0 Å². The Morgan fingerprint density at radius 1 is 1.13 bits per heavy atom. The highest BCUT2D eigenvalue weighted by molar-refractivity contribution is 5.95. The second-order valence-corrected chi connectivity index (χ2v) is 7.07. The summed E-state index contributed by atoms with van der Waals surface area (Å²) in [6.07, 6.45) is 0.536. The zero-order valence-electron chi connectivity index (χ0n) is 17.2. The number of fused-ring (bicyclic) bond motifs is 1. The Bertz CT molecular complexity index is 1280. The number of amides is 1. The number of methoxy groups -OCH3 is 1. The van der Waals surface area contributed by atoms with Crippen molar-refractivity contribution >= 4 is 16.9 Å². The standard InChI is InChI=1S/C23H21N3O5/c1-26(14-21-24-20(25-31-21)10-11-29-2)22(27)17-8-5-7-15(12-17)18-13-16-6-3-4-9-19(16)30-23(18)28/h3-9,12-13H,10-11,14H2,1-2H3. The van der Waals surface area contributed by atoms with Crippen LogP contribution in [0.25, 0.3) is 22.1 Å². The maximum Gasteiger partial charge on any atom is 0.344 e. The summed E-state index contributed by atoms with van der Waals surface area (Å²) in [7, 11) is 3.25. The SMILES string of the molecule is COCCc1noc(CN(C)C(=O)c2cccc(-c3cc4ccccc4oc3=O)c2)n1. The van der Waals surface area contributed by atoms with Crippen LogP contribution in [0.4, 0.5) is 0 Å². The molecule has 158 valence electrons. The van der Waals surface area contributed by atoms with Crippen LogP contribution in [-0.2, 0) is 17.7 Å². The molecule has 0 aliphatic carbocycles. The molecule has 2 aromatic heterocycles. The van der Waals surface area contributed by atoms with E-state index in [0.717, 1.165) is 5.39 Å². The van der Waals surface area contributed by atoms with E-state index in [1.54, 1.807) is 50.6 Å². The van der Waals surface area contributed by atoms with Gasteiger partial charge in [0.05, 0.1) is 18.7 Å². The van der Waals surface area contributed by atoms with Gasteiger partial charge in [-0.1, -0.05) is 35.5 Å². The molecule has 0 bridgehead atoms. The fourth-order valence-electron chi connectivity index (χ4n) is 3.23. The molecule has 31 heavy (non-hydrogen) atoms. The van der Waals surface area contributed by atoms with Gasteiger partial charge in [0, 0.05) is 31.5 Å². The molecule has 0 radical (unpaired) electrons. The van der Waals surface area contributed by atoms with Gasteiger partial charge in [0.2, 0.25) is 5.89 Å². The lowest BCUT2D eigenvalue weighted by atomic mass is 10.0. The first kappa shape index (κ1) is 20.5. The smallest absolute Gasteiger partial charge is 0.344 e. The molecule has 4 rings (SSSR count). The van der Waals surface area contributed by atoms with Gasteiger partial charge in [0.1, 0.15) is 5.58 Å². The van der Waals surface area contributed by atoms with Crippen LogP contribution >= 0.6 is 0 Å². The number of carbonyl (C=O) groups is 1. The molecule has 8 nitrogen and oxygen atoms in total. The number of carbonyl (C=O) groups excluding carboxylic acids is 1. The highest BCUT2D eigenvalue weighted by atomic mass is 16.5. The van der Waals surface area contributed by atoms with Gasteiger partial charge < -0.3 is 18.6 Å². The molecule has 2 aromatic carbocycles. The van der Waals surface area contributed by atoms with E-state index in [2.05, 4.69) is 10.1 Å². The van der Waals surface area contributed by atoms with Gasteiger partial charge in [-0.2, -0.15) is 4.98 Å². The minimum Gasteiger partial charge on any atom is -0.422 e. The predicted molar refractivity (Wildman–Crippen MR) is 114 cm³/mol. The highest BCUT2D eigenvalue weighted by Crippen LogP contribution is 2.22. The quantitative estimate of drug-likeness (QED) is 0.424. The minimum absolute atomic E-state index is 0.168. The van der Waals surface area contributed by atoms with Crippen LogP contribution in [-0.4, -0.2) is 41.7 Å². The predicted octanol–water partition coefficient (Wildman–Crippen LogP) is 3.30.